The smallest absolute Gasteiger partial charge is 0.260 e. The predicted molar refractivity (Wildman–Crippen MR) is 115 cm³/mol. The standard InChI is InChI=1S/C24H16N4O2/c25-16-21(23-7-3-4-14-26-23)20-13-9-17(15-24(20)28(29)30)8-11-19-12-10-18-5-1-2-6-22(18)27-19/h1-15,21H. The molecule has 0 spiro atoms. The van der Waals surface area contributed by atoms with Crippen LogP contribution in [0.5, 0.6) is 0 Å². The normalized spacial score (nSPS) is 12.0. The van der Waals surface area contributed by atoms with E-state index >= 15 is 0 Å². The zero-order chi connectivity index (χ0) is 20.9. The summed E-state index contributed by atoms with van der Waals surface area (Å²) in [5.74, 6) is -0.813. The summed E-state index contributed by atoms with van der Waals surface area (Å²) in [6.07, 6.45) is 5.15. The molecule has 0 saturated carbocycles. The molecular weight excluding hydrogens is 376 g/mol. The van der Waals surface area contributed by atoms with Gasteiger partial charge in [0.2, 0.25) is 0 Å². The fourth-order valence-electron chi connectivity index (χ4n) is 3.26. The van der Waals surface area contributed by atoms with Gasteiger partial charge in [-0.1, -0.05) is 42.5 Å². The lowest BCUT2D eigenvalue weighted by Gasteiger charge is -2.10. The van der Waals surface area contributed by atoms with Gasteiger partial charge in [0.25, 0.3) is 5.69 Å². The SMILES string of the molecule is N#CC(c1ccccn1)c1ccc(C=Cc2ccc3ccccc3n2)cc1[N+](=O)[O-]. The number of para-hydroxylation sites is 1. The largest absolute Gasteiger partial charge is 0.274 e. The summed E-state index contributed by atoms with van der Waals surface area (Å²) >= 11 is 0. The highest BCUT2D eigenvalue weighted by atomic mass is 16.6. The van der Waals surface area contributed by atoms with E-state index in [-0.39, 0.29) is 5.69 Å². The van der Waals surface area contributed by atoms with Gasteiger partial charge >= 0.3 is 0 Å². The van der Waals surface area contributed by atoms with Crippen LogP contribution in [0.3, 0.4) is 0 Å². The van der Waals surface area contributed by atoms with Crippen LogP contribution in [0.25, 0.3) is 23.1 Å². The Morgan fingerprint density at radius 2 is 1.83 bits per heavy atom. The van der Waals surface area contributed by atoms with Gasteiger partial charge in [0, 0.05) is 17.6 Å². The number of nitrogens with zero attached hydrogens (tertiary/aromatic N) is 4. The lowest BCUT2D eigenvalue weighted by Crippen LogP contribution is -2.05. The minimum Gasteiger partial charge on any atom is -0.260 e. The monoisotopic (exact) mass is 392 g/mol. The highest BCUT2D eigenvalue weighted by molar-refractivity contribution is 5.81. The summed E-state index contributed by atoms with van der Waals surface area (Å²) in [4.78, 5) is 20.0. The van der Waals surface area contributed by atoms with Crippen LogP contribution in [-0.4, -0.2) is 14.9 Å². The fourth-order valence-corrected chi connectivity index (χ4v) is 3.26. The molecule has 0 fully saturated rings. The molecule has 2 heterocycles. The summed E-state index contributed by atoms with van der Waals surface area (Å²) in [7, 11) is 0. The van der Waals surface area contributed by atoms with Crippen molar-refractivity contribution < 1.29 is 4.92 Å². The maximum absolute atomic E-state index is 11.7. The highest BCUT2D eigenvalue weighted by Gasteiger charge is 2.24. The molecule has 0 amide bonds. The molecule has 0 aliphatic carbocycles. The Bertz CT molecular complexity index is 1290. The Labute approximate surface area is 172 Å². The van der Waals surface area contributed by atoms with Gasteiger partial charge in [0.1, 0.15) is 5.92 Å². The first-order chi connectivity index (χ1) is 14.7. The maximum Gasteiger partial charge on any atom is 0.274 e. The van der Waals surface area contributed by atoms with Crippen LogP contribution in [0.1, 0.15) is 28.4 Å². The van der Waals surface area contributed by atoms with E-state index in [4.69, 9.17) is 0 Å². The molecule has 1 atom stereocenters. The summed E-state index contributed by atoms with van der Waals surface area (Å²) in [6, 6.07) is 23.9. The third kappa shape index (κ3) is 3.91. The van der Waals surface area contributed by atoms with Crippen LogP contribution in [0, 0.1) is 21.4 Å². The Balaban J connectivity index is 1.68. The van der Waals surface area contributed by atoms with Gasteiger partial charge in [-0.05, 0) is 42.0 Å². The van der Waals surface area contributed by atoms with Crippen molar-refractivity contribution in [2.45, 2.75) is 5.92 Å². The lowest BCUT2D eigenvalue weighted by atomic mass is 9.93. The van der Waals surface area contributed by atoms with E-state index in [0.717, 1.165) is 16.6 Å². The van der Waals surface area contributed by atoms with E-state index in [1.807, 2.05) is 42.5 Å². The van der Waals surface area contributed by atoms with Gasteiger partial charge in [-0.3, -0.25) is 15.1 Å². The van der Waals surface area contributed by atoms with Crippen LogP contribution in [0.4, 0.5) is 5.69 Å². The molecule has 0 saturated heterocycles. The van der Waals surface area contributed by atoms with E-state index in [2.05, 4.69) is 16.0 Å². The second-order valence-corrected chi connectivity index (χ2v) is 6.65. The first-order valence-corrected chi connectivity index (χ1v) is 9.28. The molecule has 4 aromatic rings. The number of pyridine rings is 2. The third-order valence-electron chi connectivity index (χ3n) is 4.74. The quantitative estimate of drug-likeness (QED) is 0.336. The Kier molecular flexibility index (Phi) is 5.27. The van der Waals surface area contributed by atoms with Crippen LogP contribution in [-0.2, 0) is 0 Å². The Morgan fingerprint density at radius 1 is 1.00 bits per heavy atom. The number of hydrogen-bond donors (Lipinski definition) is 0. The molecule has 0 aliphatic heterocycles. The van der Waals surface area contributed by atoms with Crippen molar-refractivity contribution in [3.8, 4) is 6.07 Å². The molecule has 6 nitrogen and oxygen atoms in total. The number of hydrogen-bond acceptors (Lipinski definition) is 5. The minimum atomic E-state index is -0.813. The first-order valence-electron chi connectivity index (χ1n) is 9.28. The van der Waals surface area contributed by atoms with Crippen molar-refractivity contribution >= 4 is 28.7 Å². The number of aromatic nitrogens is 2. The number of rotatable bonds is 5. The first kappa shape index (κ1) is 19.0. The topological polar surface area (TPSA) is 92.7 Å². The third-order valence-corrected chi connectivity index (χ3v) is 4.74. The molecule has 2 aromatic carbocycles. The number of benzene rings is 2. The molecule has 30 heavy (non-hydrogen) atoms. The summed E-state index contributed by atoms with van der Waals surface area (Å²) < 4.78 is 0. The summed E-state index contributed by atoms with van der Waals surface area (Å²) in [6.45, 7) is 0. The minimum absolute atomic E-state index is 0.110. The lowest BCUT2D eigenvalue weighted by molar-refractivity contribution is -0.385. The van der Waals surface area contributed by atoms with Gasteiger partial charge in [0.15, 0.2) is 0 Å². The van der Waals surface area contributed by atoms with Crippen LogP contribution in [0.15, 0.2) is 79.0 Å². The Hall–Kier alpha value is -4.37. The average Bonchev–Trinajstić information content (AvgIpc) is 2.79. The van der Waals surface area contributed by atoms with Crippen molar-refractivity contribution in [3.05, 3.63) is 112 Å². The molecule has 0 bridgehead atoms. The summed E-state index contributed by atoms with van der Waals surface area (Å²) in [5.41, 5.74) is 2.98. The van der Waals surface area contributed by atoms with Crippen molar-refractivity contribution in [1.82, 2.24) is 9.97 Å². The zero-order valence-corrected chi connectivity index (χ0v) is 15.8. The zero-order valence-electron chi connectivity index (χ0n) is 15.8. The molecule has 6 heteroatoms. The van der Waals surface area contributed by atoms with Crippen LogP contribution < -0.4 is 0 Å². The second-order valence-electron chi connectivity index (χ2n) is 6.65. The molecule has 144 valence electrons. The van der Waals surface area contributed by atoms with Gasteiger partial charge < -0.3 is 0 Å². The van der Waals surface area contributed by atoms with E-state index in [0.29, 0.717) is 16.8 Å². The van der Waals surface area contributed by atoms with E-state index in [1.54, 1.807) is 42.6 Å². The highest BCUT2D eigenvalue weighted by Crippen LogP contribution is 2.31. The van der Waals surface area contributed by atoms with Gasteiger partial charge in [0.05, 0.1) is 33.5 Å². The molecule has 2 aromatic heterocycles. The Morgan fingerprint density at radius 3 is 2.60 bits per heavy atom. The second kappa shape index (κ2) is 8.33. The van der Waals surface area contributed by atoms with E-state index in [9.17, 15) is 15.4 Å². The molecule has 1 unspecified atom stereocenters. The summed E-state index contributed by atoms with van der Waals surface area (Å²) in [5, 5.41) is 22.3. The number of nitro benzene ring substituents is 1. The number of nitro groups is 1. The molecular formula is C24H16N4O2. The maximum atomic E-state index is 11.7. The van der Waals surface area contributed by atoms with Crippen molar-refractivity contribution in [1.29, 1.82) is 5.26 Å². The number of nitriles is 1. The van der Waals surface area contributed by atoms with Crippen molar-refractivity contribution in [2.24, 2.45) is 0 Å². The number of fused-ring (bicyclic) bond motifs is 1. The van der Waals surface area contributed by atoms with Gasteiger partial charge in [-0.25, -0.2) is 4.98 Å². The van der Waals surface area contributed by atoms with Crippen LogP contribution in [0.2, 0.25) is 0 Å². The molecule has 0 aliphatic rings. The average molecular weight is 392 g/mol. The fraction of sp³-hybridized carbons (Fsp3) is 0.0417. The van der Waals surface area contributed by atoms with Crippen molar-refractivity contribution in [3.63, 3.8) is 0 Å². The van der Waals surface area contributed by atoms with Gasteiger partial charge in [-0.2, -0.15) is 5.26 Å². The van der Waals surface area contributed by atoms with Gasteiger partial charge in [-0.15, -0.1) is 0 Å². The molecule has 4 rings (SSSR count). The van der Waals surface area contributed by atoms with E-state index < -0.39 is 10.8 Å². The van der Waals surface area contributed by atoms with Crippen LogP contribution >= 0.6 is 0 Å². The predicted octanol–water partition coefficient (Wildman–Crippen LogP) is 5.36. The molecule has 0 N–H and O–H groups in total. The van der Waals surface area contributed by atoms with Crippen molar-refractivity contribution in [2.75, 3.05) is 0 Å². The van der Waals surface area contributed by atoms with E-state index in [1.165, 1.54) is 6.07 Å². The molecule has 0 radical (unpaired) electrons.